The zero-order valence-electron chi connectivity index (χ0n) is 9.05. The van der Waals surface area contributed by atoms with Gasteiger partial charge in [0.25, 0.3) is 0 Å². The number of rotatable bonds is 3. The highest BCUT2D eigenvalue weighted by molar-refractivity contribution is 5.87. The van der Waals surface area contributed by atoms with E-state index in [-0.39, 0.29) is 5.78 Å². The molecule has 1 nitrogen and oxygen atoms in total. The van der Waals surface area contributed by atoms with E-state index in [1.807, 2.05) is 6.08 Å². The van der Waals surface area contributed by atoms with Crippen molar-refractivity contribution in [2.75, 3.05) is 0 Å². The van der Waals surface area contributed by atoms with Crippen LogP contribution in [0.1, 0.15) is 33.1 Å². The van der Waals surface area contributed by atoms with E-state index in [4.69, 9.17) is 0 Å². The Labute approximate surface area is 86.2 Å². The van der Waals surface area contributed by atoms with Crippen molar-refractivity contribution in [3.05, 3.63) is 36.0 Å². The maximum absolute atomic E-state index is 10.7. The first-order chi connectivity index (χ1) is 6.59. The van der Waals surface area contributed by atoms with Crippen molar-refractivity contribution in [2.45, 2.75) is 33.1 Å². The fourth-order valence-corrected chi connectivity index (χ4v) is 1.68. The van der Waals surface area contributed by atoms with Crippen LogP contribution in [0.4, 0.5) is 0 Å². The van der Waals surface area contributed by atoms with E-state index in [9.17, 15) is 4.79 Å². The van der Waals surface area contributed by atoms with Crippen molar-refractivity contribution < 1.29 is 4.79 Å². The molecule has 0 N–H and O–H groups in total. The summed E-state index contributed by atoms with van der Waals surface area (Å²) in [5.41, 5.74) is 2.56. The van der Waals surface area contributed by atoms with Gasteiger partial charge in [-0.15, -0.1) is 0 Å². The second kappa shape index (κ2) is 4.94. The van der Waals surface area contributed by atoms with Crippen molar-refractivity contribution in [1.82, 2.24) is 0 Å². The van der Waals surface area contributed by atoms with E-state index in [0.717, 1.165) is 12.8 Å². The van der Waals surface area contributed by atoms with Crippen LogP contribution in [0.25, 0.3) is 0 Å². The van der Waals surface area contributed by atoms with Crippen LogP contribution in [-0.4, -0.2) is 5.78 Å². The summed E-state index contributed by atoms with van der Waals surface area (Å²) in [6.45, 7) is 7.65. The molecule has 0 spiro atoms. The highest BCUT2D eigenvalue weighted by atomic mass is 16.1. The van der Waals surface area contributed by atoms with E-state index in [1.54, 1.807) is 13.0 Å². The Morgan fingerprint density at radius 2 is 2.29 bits per heavy atom. The molecule has 0 saturated carbocycles. The lowest BCUT2D eigenvalue weighted by Crippen LogP contribution is -2.05. The molecule has 0 unspecified atom stereocenters. The summed E-state index contributed by atoms with van der Waals surface area (Å²) in [4.78, 5) is 10.7. The minimum atomic E-state index is 0.118. The molecule has 0 saturated heterocycles. The van der Waals surface area contributed by atoms with Crippen LogP contribution in [-0.2, 0) is 4.79 Å². The molecular formula is C13H18O. The third-order valence-electron chi connectivity index (χ3n) is 2.68. The summed E-state index contributed by atoms with van der Waals surface area (Å²) in [5, 5.41) is 0. The molecule has 0 aromatic heterocycles. The highest BCUT2D eigenvalue weighted by Gasteiger charge is 2.13. The van der Waals surface area contributed by atoms with E-state index < -0.39 is 0 Å². The molecule has 0 bridgehead atoms. The molecule has 76 valence electrons. The standard InChI is InChI=1S/C13H18O/c1-10(2)13-8-6-12(7-9-13)5-4-11(3)14/h4-6,13H,1,7-9H2,2-3H3/b5-4-/t13-/m0/s1. The predicted molar refractivity (Wildman–Crippen MR) is 60.1 cm³/mol. The van der Waals surface area contributed by atoms with Gasteiger partial charge in [-0.2, -0.15) is 0 Å². The summed E-state index contributed by atoms with van der Waals surface area (Å²) in [6, 6.07) is 0. The maximum atomic E-state index is 10.7. The van der Waals surface area contributed by atoms with Crippen molar-refractivity contribution >= 4 is 5.78 Å². The summed E-state index contributed by atoms with van der Waals surface area (Å²) < 4.78 is 0. The average Bonchev–Trinajstić information content (AvgIpc) is 2.15. The topological polar surface area (TPSA) is 17.1 Å². The van der Waals surface area contributed by atoms with E-state index >= 15 is 0 Å². The lowest BCUT2D eigenvalue weighted by atomic mass is 9.85. The molecule has 1 atom stereocenters. The minimum absolute atomic E-state index is 0.118. The molecule has 0 aromatic rings. The van der Waals surface area contributed by atoms with Gasteiger partial charge in [0, 0.05) is 0 Å². The van der Waals surface area contributed by atoms with Crippen LogP contribution in [0.2, 0.25) is 0 Å². The molecule has 0 amide bonds. The van der Waals surface area contributed by atoms with Crippen LogP contribution < -0.4 is 0 Å². The zero-order valence-corrected chi connectivity index (χ0v) is 9.05. The Morgan fingerprint density at radius 3 is 2.71 bits per heavy atom. The zero-order chi connectivity index (χ0) is 10.6. The summed E-state index contributed by atoms with van der Waals surface area (Å²) >= 11 is 0. The smallest absolute Gasteiger partial charge is 0.152 e. The number of carbonyl (C=O) groups excluding carboxylic acids is 1. The van der Waals surface area contributed by atoms with Gasteiger partial charge in [-0.05, 0) is 45.1 Å². The van der Waals surface area contributed by atoms with Crippen molar-refractivity contribution in [2.24, 2.45) is 5.92 Å². The Balaban J connectivity index is 2.53. The molecule has 1 heteroatoms. The van der Waals surface area contributed by atoms with Gasteiger partial charge in [-0.3, -0.25) is 4.79 Å². The van der Waals surface area contributed by atoms with E-state index in [2.05, 4.69) is 19.6 Å². The second-order valence-electron chi connectivity index (χ2n) is 4.04. The highest BCUT2D eigenvalue weighted by Crippen LogP contribution is 2.28. The monoisotopic (exact) mass is 190 g/mol. The van der Waals surface area contributed by atoms with Gasteiger partial charge in [0.2, 0.25) is 0 Å². The van der Waals surface area contributed by atoms with Crippen LogP contribution >= 0.6 is 0 Å². The van der Waals surface area contributed by atoms with Crippen LogP contribution in [0.3, 0.4) is 0 Å². The number of carbonyl (C=O) groups is 1. The maximum Gasteiger partial charge on any atom is 0.152 e. The number of allylic oxidation sites excluding steroid dienone is 5. The van der Waals surface area contributed by atoms with Crippen LogP contribution in [0, 0.1) is 5.92 Å². The van der Waals surface area contributed by atoms with Crippen molar-refractivity contribution in [3.8, 4) is 0 Å². The Morgan fingerprint density at radius 1 is 1.57 bits per heavy atom. The SMILES string of the molecule is C=C(C)[C@H]1CC=C(/C=C\C(C)=O)CC1. The van der Waals surface area contributed by atoms with Crippen LogP contribution in [0.5, 0.6) is 0 Å². The van der Waals surface area contributed by atoms with Crippen molar-refractivity contribution in [3.63, 3.8) is 0 Å². The number of ketones is 1. The number of hydrogen-bond donors (Lipinski definition) is 0. The average molecular weight is 190 g/mol. The minimum Gasteiger partial charge on any atom is -0.295 e. The first kappa shape index (κ1) is 11.0. The molecular weight excluding hydrogens is 172 g/mol. The van der Waals surface area contributed by atoms with Gasteiger partial charge in [-0.25, -0.2) is 0 Å². The van der Waals surface area contributed by atoms with E-state index in [0.29, 0.717) is 5.92 Å². The molecule has 0 aromatic carbocycles. The predicted octanol–water partition coefficient (Wildman–Crippen LogP) is 3.43. The normalized spacial score (nSPS) is 22.1. The molecule has 1 rings (SSSR count). The third-order valence-corrected chi connectivity index (χ3v) is 2.68. The molecule has 1 aliphatic rings. The van der Waals surface area contributed by atoms with E-state index in [1.165, 1.54) is 17.6 Å². The Hall–Kier alpha value is -1.11. The van der Waals surface area contributed by atoms with Gasteiger partial charge < -0.3 is 0 Å². The molecule has 0 radical (unpaired) electrons. The van der Waals surface area contributed by atoms with Gasteiger partial charge in [-0.1, -0.05) is 29.9 Å². The lowest BCUT2D eigenvalue weighted by molar-refractivity contribution is -0.112. The first-order valence-corrected chi connectivity index (χ1v) is 5.12. The van der Waals surface area contributed by atoms with Gasteiger partial charge in [0.1, 0.15) is 0 Å². The Bertz CT molecular complexity index is 294. The number of hydrogen-bond acceptors (Lipinski definition) is 1. The van der Waals surface area contributed by atoms with Gasteiger partial charge in [0.15, 0.2) is 5.78 Å². The molecule has 0 heterocycles. The molecule has 14 heavy (non-hydrogen) atoms. The lowest BCUT2D eigenvalue weighted by Gasteiger charge is -2.20. The largest absolute Gasteiger partial charge is 0.295 e. The summed E-state index contributed by atoms with van der Waals surface area (Å²) in [6.07, 6.45) is 9.13. The fraction of sp³-hybridized carbons (Fsp3) is 0.462. The summed E-state index contributed by atoms with van der Waals surface area (Å²) in [7, 11) is 0. The van der Waals surface area contributed by atoms with Crippen LogP contribution in [0.15, 0.2) is 36.0 Å². The van der Waals surface area contributed by atoms with Crippen molar-refractivity contribution in [1.29, 1.82) is 0 Å². The first-order valence-electron chi connectivity index (χ1n) is 5.12. The fourth-order valence-electron chi connectivity index (χ4n) is 1.68. The third kappa shape index (κ3) is 3.33. The Kier molecular flexibility index (Phi) is 3.87. The quantitative estimate of drug-likeness (QED) is 0.492. The molecule has 0 fully saturated rings. The molecule has 0 aliphatic heterocycles. The van der Waals surface area contributed by atoms with Gasteiger partial charge in [0.05, 0.1) is 0 Å². The summed E-state index contributed by atoms with van der Waals surface area (Å²) in [5.74, 6) is 0.761. The second-order valence-corrected chi connectivity index (χ2v) is 4.04. The molecule has 1 aliphatic carbocycles. The van der Waals surface area contributed by atoms with Gasteiger partial charge >= 0.3 is 0 Å².